The Labute approximate surface area is 143 Å². The van der Waals surface area contributed by atoms with Crippen molar-refractivity contribution in [3.63, 3.8) is 0 Å². The zero-order chi connectivity index (χ0) is 17.3. The van der Waals surface area contributed by atoms with Crippen LogP contribution in [-0.2, 0) is 15.0 Å². The number of amides is 1. The van der Waals surface area contributed by atoms with Gasteiger partial charge in [-0.3, -0.25) is 9.59 Å². The Morgan fingerprint density at radius 2 is 1.78 bits per heavy atom. The SMILES string of the molecule is CC(C)(C(=O)NCCCCCCCC(=O)O)c1cccc(Cl)c1. The lowest BCUT2D eigenvalue weighted by Crippen LogP contribution is -2.40. The Kier molecular flexibility index (Phi) is 8.10. The minimum Gasteiger partial charge on any atom is -0.481 e. The molecule has 0 atom stereocenters. The number of rotatable bonds is 10. The van der Waals surface area contributed by atoms with E-state index in [1.807, 2.05) is 32.0 Å². The molecule has 0 saturated heterocycles. The van der Waals surface area contributed by atoms with E-state index in [-0.39, 0.29) is 12.3 Å². The Morgan fingerprint density at radius 1 is 1.13 bits per heavy atom. The first-order valence-corrected chi connectivity index (χ1v) is 8.48. The minimum atomic E-state index is -0.736. The first-order valence-electron chi connectivity index (χ1n) is 8.10. The lowest BCUT2D eigenvalue weighted by molar-refractivity contribution is -0.137. The third-order valence-electron chi connectivity index (χ3n) is 3.97. The van der Waals surface area contributed by atoms with E-state index in [0.29, 0.717) is 11.6 Å². The number of hydrogen-bond acceptors (Lipinski definition) is 2. The number of carboxylic acid groups (broad SMARTS) is 1. The fourth-order valence-electron chi connectivity index (χ4n) is 2.36. The molecule has 1 rings (SSSR count). The third kappa shape index (κ3) is 7.04. The maximum Gasteiger partial charge on any atom is 0.303 e. The van der Waals surface area contributed by atoms with Crippen molar-refractivity contribution in [2.45, 2.75) is 57.8 Å². The Bertz CT molecular complexity index is 529. The Morgan fingerprint density at radius 3 is 2.43 bits per heavy atom. The molecule has 1 amide bonds. The molecule has 23 heavy (non-hydrogen) atoms. The van der Waals surface area contributed by atoms with E-state index in [1.54, 1.807) is 6.07 Å². The van der Waals surface area contributed by atoms with Crippen LogP contribution in [0, 0.1) is 0 Å². The van der Waals surface area contributed by atoms with Crippen LogP contribution in [0.2, 0.25) is 5.02 Å². The van der Waals surface area contributed by atoms with Gasteiger partial charge in [0, 0.05) is 18.0 Å². The maximum absolute atomic E-state index is 12.4. The third-order valence-corrected chi connectivity index (χ3v) is 4.20. The lowest BCUT2D eigenvalue weighted by Gasteiger charge is -2.24. The van der Waals surface area contributed by atoms with Crippen molar-refractivity contribution in [3.8, 4) is 0 Å². The number of benzene rings is 1. The van der Waals surface area contributed by atoms with E-state index < -0.39 is 11.4 Å². The van der Waals surface area contributed by atoms with Gasteiger partial charge in [-0.15, -0.1) is 0 Å². The van der Waals surface area contributed by atoms with Crippen molar-refractivity contribution in [2.24, 2.45) is 0 Å². The van der Waals surface area contributed by atoms with Gasteiger partial charge in [-0.1, -0.05) is 43.0 Å². The highest BCUT2D eigenvalue weighted by atomic mass is 35.5. The fraction of sp³-hybridized carbons (Fsp3) is 0.556. The molecule has 128 valence electrons. The van der Waals surface area contributed by atoms with Gasteiger partial charge in [0.1, 0.15) is 0 Å². The summed E-state index contributed by atoms with van der Waals surface area (Å²) < 4.78 is 0. The van der Waals surface area contributed by atoms with Crippen molar-refractivity contribution in [3.05, 3.63) is 34.9 Å². The zero-order valence-corrected chi connectivity index (χ0v) is 14.7. The first-order chi connectivity index (χ1) is 10.8. The van der Waals surface area contributed by atoms with Crippen LogP contribution in [0.3, 0.4) is 0 Å². The van der Waals surface area contributed by atoms with Gasteiger partial charge in [0.05, 0.1) is 5.41 Å². The number of unbranched alkanes of at least 4 members (excludes halogenated alkanes) is 4. The van der Waals surface area contributed by atoms with Gasteiger partial charge < -0.3 is 10.4 Å². The Hall–Kier alpha value is -1.55. The molecule has 1 aromatic carbocycles. The summed E-state index contributed by atoms with van der Waals surface area (Å²) in [5.41, 5.74) is 0.281. The van der Waals surface area contributed by atoms with E-state index >= 15 is 0 Å². The molecule has 1 aromatic rings. The van der Waals surface area contributed by atoms with Crippen LogP contribution in [0.4, 0.5) is 0 Å². The van der Waals surface area contributed by atoms with Gasteiger partial charge in [0.2, 0.25) is 5.91 Å². The molecular formula is C18H26ClNO3. The second-order valence-corrected chi connectivity index (χ2v) is 6.74. The van der Waals surface area contributed by atoms with Gasteiger partial charge >= 0.3 is 5.97 Å². The van der Waals surface area contributed by atoms with Crippen molar-refractivity contribution >= 4 is 23.5 Å². The van der Waals surface area contributed by atoms with Crippen molar-refractivity contribution < 1.29 is 14.7 Å². The van der Waals surface area contributed by atoms with Crippen molar-refractivity contribution in [1.29, 1.82) is 0 Å². The number of nitrogens with one attached hydrogen (secondary N) is 1. The molecule has 4 nitrogen and oxygen atoms in total. The number of carboxylic acids is 1. The molecule has 0 bridgehead atoms. The summed E-state index contributed by atoms with van der Waals surface area (Å²) in [4.78, 5) is 22.8. The van der Waals surface area contributed by atoms with Crippen LogP contribution in [0.25, 0.3) is 0 Å². The average molecular weight is 340 g/mol. The van der Waals surface area contributed by atoms with Crippen LogP contribution in [-0.4, -0.2) is 23.5 Å². The highest BCUT2D eigenvalue weighted by Crippen LogP contribution is 2.25. The van der Waals surface area contributed by atoms with Crippen LogP contribution in [0.15, 0.2) is 24.3 Å². The van der Waals surface area contributed by atoms with E-state index in [1.165, 1.54) is 0 Å². The lowest BCUT2D eigenvalue weighted by atomic mass is 9.83. The van der Waals surface area contributed by atoms with Gasteiger partial charge in [0.25, 0.3) is 0 Å². The predicted molar refractivity (Wildman–Crippen MR) is 92.8 cm³/mol. The van der Waals surface area contributed by atoms with Crippen LogP contribution in [0.1, 0.15) is 57.9 Å². The summed E-state index contributed by atoms with van der Waals surface area (Å²) in [5, 5.41) is 12.2. The molecule has 0 fully saturated rings. The molecule has 0 aliphatic rings. The molecule has 0 aliphatic carbocycles. The molecule has 5 heteroatoms. The van der Waals surface area contributed by atoms with E-state index in [9.17, 15) is 9.59 Å². The number of halogens is 1. The fourth-order valence-corrected chi connectivity index (χ4v) is 2.55. The number of aliphatic carboxylic acids is 1. The van der Waals surface area contributed by atoms with Crippen molar-refractivity contribution in [1.82, 2.24) is 5.32 Å². The highest BCUT2D eigenvalue weighted by Gasteiger charge is 2.29. The second kappa shape index (κ2) is 9.56. The predicted octanol–water partition coefficient (Wildman–Crippen LogP) is 4.16. The van der Waals surface area contributed by atoms with Crippen molar-refractivity contribution in [2.75, 3.05) is 6.54 Å². The molecule has 0 spiro atoms. The normalized spacial score (nSPS) is 11.3. The summed E-state index contributed by atoms with van der Waals surface area (Å²) in [6, 6.07) is 7.38. The molecule has 0 aliphatic heterocycles. The number of hydrogen-bond donors (Lipinski definition) is 2. The molecule has 0 aromatic heterocycles. The Balaban J connectivity index is 2.27. The molecular weight excluding hydrogens is 314 g/mol. The summed E-state index contributed by atoms with van der Waals surface area (Å²) in [6.07, 6.45) is 4.80. The number of carbonyl (C=O) groups excluding carboxylic acids is 1. The summed E-state index contributed by atoms with van der Waals surface area (Å²) in [5.74, 6) is -0.744. The summed E-state index contributed by atoms with van der Waals surface area (Å²) in [7, 11) is 0. The molecule has 0 radical (unpaired) electrons. The van der Waals surface area contributed by atoms with Gasteiger partial charge in [-0.25, -0.2) is 0 Å². The van der Waals surface area contributed by atoms with Crippen LogP contribution < -0.4 is 5.32 Å². The second-order valence-electron chi connectivity index (χ2n) is 6.30. The topological polar surface area (TPSA) is 66.4 Å². The van der Waals surface area contributed by atoms with E-state index in [0.717, 1.165) is 37.7 Å². The first kappa shape index (κ1) is 19.5. The van der Waals surface area contributed by atoms with E-state index in [2.05, 4.69) is 5.32 Å². The van der Waals surface area contributed by atoms with Crippen LogP contribution >= 0.6 is 11.6 Å². The van der Waals surface area contributed by atoms with Crippen LogP contribution in [0.5, 0.6) is 0 Å². The monoisotopic (exact) mass is 339 g/mol. The van der Waals surface area contributed by atoms with Gasteiger partial charge in [-0.2, -0.15) is 0 Å². The number of carbonyl (C=O) groups is 2. The maximum atomic E-state index is 12.4. The molecule has 0 saturated carbocycles. The summed E-state index contributed by atoms with van der Waals surface area (Å²) >= 11 is 5.99. The largest absolute Gasteiger partial charge is 0.481 e. The smallest absolute Gasteiger partial charge is 0.303 e. The minimum absolute atomic E-state index is 0.00866. The van der Waals surface area contributed by atoms with E-state index in [4.69, 9.17) is 16.7 Å². The molecule has 0 heterocycles. The zero-order valence-electron chi connectivity index (χ0n) is 13.9. The van der Waals surface area contributed by atoms with Gasteiger partial charge in [0.15, 0.2) is 0 Å². The quantitative estimate of drug-likeness (QED) is 0.629. The van der Waals surface area contributed by atoms with Gasteiger partial charge in [-0.05, 0) is 44.4 Å². The molecule has 0 unspecified atom stereocenters. The average Bonchev–Trinajstić information content (AvgIpc) is 2.49. The molecule has 2 N–H and O–H groups in total. The standard InChI is InChI=1S/C18H26ClNO3/c1-18(2,14-9-8-10-15(19)13-14)17(23)20-12-7-5-3-4-6-11-16(21)22/h8-10,13H,3-7,11-12H2,1-2H3,(H,20,23)(H,21,22). The summed E-state index contributed by atoms with van der Waals surface area (Å²) in [6.45, 7) is 4.42. The highest BCUT2D eigenvalue weighted by molar-refractivity contribution is 6.30.